The van der Waals surface area contributed by atoms with Crippen molar-refractivity contribution in [3.63, 3.8) is 0 Å². The zero-order valence-electron chi connectivity index (χ0n) is 8.85. The summed E-state index contributed by atoms with van der Waals surface area (Å²) < 4.78 is 0. The largest absolute Gasteiger partial charge is 2.00 e. The minimum absolute atomic E-state index is 0. The van der Waals surface area contributed by atoms with Crippen molar-refractivity contribution in [1.29, 1.82) is 0 Å². The van der Waals surface area contributed by atoms with Crippen molar-refractivity contribution in [1.82, 2.24) is 4.98 Å². The number of para-hydroxylation sites is 1. The molecule has 3 rings (SSSR count). The molecule has 0 saturated heterocycles. The van der Waals surface area contributed by atoms with E-state index in [4.69, 9.17) is 5.73 Å². The number of aromatic nitrogens is 1. The fourth-order valence-electron chi connectivity index (χ4n) is 1.80. The molecule has 0 bridgehead atoms. The summed E-state index contributed by atoms with van der Waals surface area (Å²) in [7, 11) is 0. The second kappa shape index (κ2) is 4.27. The van der Waals surface area contributed by atoms with Crippen molar-refractivity contribution in [2.45, 2.75) is 0 Å². The van der Waals surface area contributed by atoms with Gasteiger partial charge in [-0.05, 0) is 30.3 Å². The second-order valence-corrected chi connectivity index (χ2v) is 3.63. The van der Waals surface area contributed by atoms with Gasteiger partial charge in [0.1, 0.15) is 0 Å². The third kappa shape index (κ3) is 1.84. The number of hydrogen-bond donors (Lipinski definition) is 1. The van der Waals surface area contributed by atoms with E-state index in [-0.39, 0.29) is 23.1 Å². The molecule has 0 aliphatic rings. The molecule has 0 aliphatic heterocycles. The van der Waals surface area contributed by atoms with Gasteiger partial charge in [0.25, 0.3) is 0 Å². The van der Waals surface area contributed by atoms with E-state index in [9.17, 15) is 0 Å². The molecule has 2 aromatic carbocycles. The third-order valence-electron chi connectivity index (χ3n) is 2.54. The number of nitrogens with zero attached hydrogens (tertiary/aromatic N) is 1. The summed E-state index contributed by atoms with van der Waals surface area (Å²) in [5.74, 6) is 0. The molecule has 3 aromatic rings. The maximum atomic E-state index is 5.74. The zero-order valence-corrected chi connectivity index (χ0v) is 10.3. The summed E-state index contributed by atoms with van der Waals surface area (Å²) in [5.41, 5.74) is 8.53. The summed E-state index contributed by atoms with van der Waals surface area (Å²) in [6, 6.07) is 16.0. The summed E-state index contributed by atoms with van der Waals surface area (Å²) in [6.07, 6.45) is 0. The van der Waals surface area contributed by atoms with Crippen LogP contribution < -0.4 is 5.73 Å². The number of nitrogens with two attached hydrogens (primary N) is 1. The van der Waals surface area contributed by atoms with Gasteiger partial charge in [-0.15, -0.1) is 0 Å². The van der Waals surface area contributed by atoms with Crippen LogP contribution in [-0.4, -0.2) is 28.0 Å². The van der Waals surface area contributed by atoms with Crippen LogP contribution in [0.4, 0.5) is 5.69 Å². The molecule has 0 radical (unpaired) electrons. The maximum absolute atomic E-state index is 5.74. The van der Waals surface area contributed by atoms with Crippen molar-refractivity contribution in [3.8, 4) is 0 Å². The Morgan fingerprint density at radius 1 is 0.812 bits per heavy atom. The van der Waals surface area contributed by atoms with Crippen LogP contribution >= 0.6 is 0 Å². The van der Waals surface area contributed by atoms with Crippen LogP contribution in [0, 0.1) is 0 Å². The third-order valence-corrected chi connectivity index (χ3v) is 2.54. The molecule has 0 amide bonds. The maximum Gasteiger partial charge on any atom is 2.00 e. The number of anilines is 1. The Hall–Kier alpha value is -1.32. The summed E-state index contributed by atoms with van der Waals surface area (Å²) in [6.45, 7) is 0. The number of hydrogen-bond acceptors (Lipinski definition) is 2. The molecule has 2 nitrogen and oxygen atoms in total. The average molecular weight is 219 g/mol. The molecule has 1 aromatic heterocycles. The average Bonchev–Trinajstić information content (AvgIpc) is 2.26. The Morgan fingerprint density at radius 2 is 1.56 bits per heavy atom. The van der Waals surface area contributed by atoms with E-state index in [1.807, 2.05) is 36.4 Å². The molecule has 0 unspecified atom stereocenters. The molecule has 1 heterocycles. The molecule has 3 heteroatoms. The molecule has 0 atom stereocenters. The molecule has 72 valence electrons. The van der Waals surface area contributed by atoms with Crippen LogP contribution in [0.2, 0.25) is 0 Å². The first kappa shape index (κ1) is 11.2. The number of fused-ring (bicyclic) bond motifs is 2. The van der Waals surface area contributed by atoms with Gasteiger partial charge in [0.15, 0.2) is 0 Å². The molecule has 16 heavy (non-hydrogen) atoms. The van der Waals surface area contributed by atoms with Gasteiger partial charge in [0.05, 0.1) is 11.0 Å². The Kier molecular flexibility index (Phi) is 2.98. The van der Waals surface area contributed by atoms with Crippen molar-refractivity contribution in [2.24, 2.45) is 0 Å². The quantitative estimate of drug-likeness (QED) is 0.358. The van der Waals surface area contributed by atoms with Gasteiger partial charge in [0.2, 0.25) is 0 Å². The summed E-state index contributed by atoms with van der Waals surface area (Å²) in [4.78, 5) is 4.56. The smallest absolute Gasteiger partial charge is 0.399 e. The molecule has 0 fully saturated rings. The molecule has 0 saturated carbocycles. The van der Waals surface area contributed by atoms with E-state index in [1.54, 1.807) is 0 Å². The predicted octanol–water partition coefficient (Wildman–Crippen LogP) is 2.59. The number of benzene rings is 2. The fraction of sp³-hybridized carbons (Fsp3) is 0. The summed E-state index contributed by atoms with van der Waals surface area (Å²) in [5, 5.41) is 2.24. The minimum atomic E-state index is 0. The van der Waals surface area contributed by atoms with E-state index >= 15 is 0 Å². The van der Waals surface area contributed by atoms with E-state index in [1.165, 1.54) is 0 Å². The van der Waals surface area contributed by atoms with Crippen molar-refractivity contribution in [2.75, 3.05) is 5.73 Å². The van der Waals surface area contributed by atoms with Gasteiger partial charge in [-0.1, -0.05) is 18.2 Å². The first-order chi connectivity index (χ1) is 7.33. The first-order valence-corrected chi connectivity index (χ1v) is 4.88. The standard InChI is InChI=1S/C13H10N2.Mg/c14-11-5-6-13-10(8-11)7-9-3-1-2-4-12(9)15-13;/h1-8H,14H2;/q;+2. The van der Waals surface area contributed by atoms with Gasteiger partial charge in [0, 0.05) is 16.5 Å². The van der Waals surface area contributed by atoms with Crippen molar-refractivity contribution >= 4 is 50.5 Å². The molecular weight excluding hydrogens is 208 g/mol. The number of nitrogen functional groups attached to an aromatic ring is 1. The van der Waals surface area contributed by atoms with Crippen molar-refractivity contribution < 1.29 is 0 Å². The van der Waals surface area contributed by atoms with Gasteiger partial charge in [-0.2, -0.15) is 0 Å². The van der Waals surface area contributed by atoms with Gasteiger partial charge >= 0.3 is 23.1 Å². The van der Waals surface area contributed by atoms with Gasteiger partial charge < -0.3 is 5.73 Å². The second-order valence-electron chi connectivity index (χ2n) is 3.63. The summed E-state index contributed by atoms with van der Waals surface area (Å²) >= 11 is 0. The van der Waals surface area contributed by atoms with E-state index in [0.717, 1.165) is 27.5 Å². The molecular formula is C13H10MgN2+2. The Labute approximate surface area is 110 Å². The zero-order chi connectivity index (χ0) is 10.3. The fourth-order valence-corrected chi connectivity index (χ4v) is 1.80. The molecule has 0 aliphatic carbocycles. The Morgan fingerprint density at radius 3 is 2.44 bits per heavy atom. The van der Waals surface area contributed by atoms with Crippen LogP contribution in [-0.2, 0) is 0 Å². The predicted molar refractivity (Wildman–Crippen MR) is 69.4 cm³/mol. The molecule has 2 N–H and O–H groups in total. The molecule has 0 spiro atoms. The van der Waals surface area contributed by atoms with E-state index in [0.29, 0.717) is 0 Å². The van der Waals surface area contributed by atoms with Crippen LogP contribution in [0.1, 0.15) is 0 Å². The van der Waals surface area contributed by atoms with Crippen LogP contribution in [0.15, 0.2) is 48.5 Å². The Bertz CT molecular complexity index is 650. The van der Waals surface area contributed by atoms with E-state index < -0.39 is 0 Å². The van der Waals surface area contributed by atoms with Crippen LogP contribution in [0.25, 0.3) is 21.8 Å². The van der Waals surface area contributed by atoms with Gasteiger partial charge in [-0.25, -0.2) is 4.98 Å². The first-order valence-electron chi connectivity index (χ1n) is 4.88. The normalized spacial score (nSPS) is 10.2. The number of pyridine rings is 1. The topological polar surface area (TPSA) is 38.9 Å². The van der Waals surface area contributed by atoms with Crippen LogP contribution in [0.5, 0.6) is 0 Å². The minimum Gasteiger partial charge on any atom is -0.399 e. The van der Waals surface area contributed by atoms with E-state index in [2.05, 4.69) is 17.1 Å². The SMILES string of the molecule is Nc1ccc2nc3ccccc3cc2c1.[Mg+2]. The number of rotatable bonds is 0. The van der Waals surface area contributed by atoms with Gasteiger partial charge in [-0.3, -0.25) is 0 Å². The van der Waals surface area contributed by atoms with Crippen LogP contribution in [0.3, 0.4) is 0 Å². The Balaban J connectivity index is 0.000000963. The monoisotopic (exact) mass is 218 g/mol. The van der Waals surface area contributed by atoms with Crippen molar-refractivity contribution in [3.05, 3.63) is 48.5 Å².